The lowest BCUT2D eigenvalue weighted by Gasteiger charge is -2.32. The van der Waals surface area contributed by atoms with Crippen molar-refractivity contribution in [3.05, 3.63) is 46.2 Å². The highest BCUT2D eigenvalue weighted by molar-refractivity contribution is 7.16. The number of benzene rings is 1. The minimum atomic E-state index is -0.406. The van der Waals surface area contributed by atoms with Crippen LogP contribution < -0.4 is 5.32 Å². The van der Waals surface area contributed by atoms with Crippen LogP contribution in [0.2, 0.25) is 0 Å². The molecule has 1 atom stereocenters. The molecule has 2 heterocycles. The Balaban J connectivity index is 1.40. The number of nitrogens with one attached hydrogen (secondary N) is 1. The van der Waals surface area contributed by atoms with Crippen LogP contribution in [0.4, 0.5) is 9.52 Å². The number of esters is 1. The van der Waals surface area contributed by atoms with Gasteiger partial charge in [0.05, 0.1) is 24.6 Å². The molecule has 1 aliphatic carbocycles. The van der Waals surface area contributed by atoms with Gasteiger partial charge in [-0.3, -0.25) is 19.7 Å². The van der Waals surface area contributed by atoms with E-state index in [9.17, 15) is 18.8 Å². The molecule has 158 valence electrons. The van der Waals surface area contributed by atoms with Crippen molar-refractivity contribution in [1.29, 1.82) is 0 Å². The fourth-order valence-corrected chi connectivity index (χ4v) is 5.05. The summed E-state index contributed by atoms with van der Waals surface area (Å²) in [5.41, 5.74) is 1.07. The number of carbonyl (C=O) groups is 3. The molecular weight excluding hydrogens is 409 g/mol. The first-order valence-corrected chi connectivity index (χ1v) is 10.7. The monoisotopic (exact) mass is 431 g/mol. The number of aryl methyl sites for hydroxylation is 1. The number of halogens is 1. The molecule has 0 spiro atoms. The van der Waals surface area contributed by atoms with Gasteiger partial charge in [-0.25, -0.2) is 9.37 Å². The van der Waals surface area contributed by atoms with Crippen LogP contribution in [-0.2, 0) is 20.7 Å². The number of carbonyl (C=O) groups excluding carboxylic acids is 3. The number of rotatable bonds is 4. The number of fused-ring (bicyclic) bond motifs is 1. The number of nitrogens with zero attached hydrogens (tertiary/aromatic N) is 2. The third-order valence-corrected chi connectivity index (χ3v) is 6.73. The number of ether oxygens (including phenoxy) is 1. The maximum absolute atomic E-state index is 13.0. The average molecular weight is 431 g/mol. The minimum absolute atomic E-state index is 0.0266. The van der Waals surface area contributed by atoms with E-state index in [-0.39, 0.29) is 29.6 Å². The molecule has 1 unspecified atom stereocenters. The van der Waals surface area contributed by atoms with Gasteiger partial charge in [-0.05, 0) is 49.9 Å². The first kappa shape index (κ1) is 20.5. The van der Waals surface area contributed by atoms with E-state index in [1.165, 1.54) is 42.7 Å². The SMILES string of the molecule is COC(=O)C1CCN(C(=O)C2CCc3sc(NC(=O)c4ccc(F)cc4)nc32)CC1. The molecule has 1 aromatic heterocycles. The van der Waals surface area contributed by atoms with E-state index < -0.39 is 5.82 Å². The molecule has 1 saturated heterocycles. The van der Waals surface area contributed by atoms with Crippen LogP contribution in [0, 0.1) is 11.7 Å². The third kappa shape index (κ3) is 4.07. The third-order valence-electron chi connectivity index (χ3n) is 5.68. The van der Waals surface area contributed by atoms with Gasteiger partial charge in [0.1, 0.15) is 5.82 Å². The van der Waals surface area contributed by atoms with Gasteiger partial charge in [-0.1, -0.05) is 0 Å². The Morgan fingerprint density at radius 2 is 1.87 bits per heavy atom. The van der Waals surface area contributed by atoms with Gasteiger partial charge in [0.2, 0.25) is 5.91 Å². The molecule has 0 saturated carbocycles. The van der Waals surface area contributed by atoms with E-state index >= 15 is 0 Å². The van der Waals surface area contributed by atoms with E-state index in [0.717, 1.165) is 17.0 Å². The second kappa shape index (κ2) is 8.51. The number of anilines is 1. The highest BCUT2D eigenvalue weighted by Crippen LogP contribution is 2.40. The summed E-state index contributed by atoms with van der Waals surface area (Å²) in [6.07, 6.45) is 2.66. The Labute approximate surface area is 177 Å². The fourth-order valence-electron chi connectivity index (χ4n) is 4.01. The molecule has 0 radical (unpaired) electrons. The van der Waals surface area contributed by atoms with Crippen molar-refractivity contribution in [1.82, 2.24) is 9.88 Å². The van der Waals surface area contributed by atoms with Crippen LogP contribution in [0.1, 0.15) is 46.1 Å². The minimum Gasteiger partial charge on any atom is -0.469 e. The van der Waals surface area contributed by atoms with E-state index in [1.54, 1.807) is 4.90 Å². The van der Waals surface area contributed by atoms with Gasteiger partial charge in [0.15, 0.2) is 5.13 Å². The van der Waals surface area contributed by atoms with Crippen molar-refractivity contribution in [3.8, 4) is 0 Å². The van der Waals surface area contributed by atoms with Crippen LogP contribution >= 0.6 is 11.3 Å². The van der Waals surface area contributed by atoms with Gasteiger partial charge in [0, 0.05) is 23.5 Å². The molecule has 30 heavy (non-hydrogen) atoms. The summed E-state index contributed by atoms with van der Waals surface area (Å²) < 4.78 is 17.8. The predicted molar refractivity (Wildman–Crippen MR) is 109 cm³/mol. The van der Waals surface area contributed by atoms with Gasteiger partial charge >= 0.3 is 5.97 Å². The summed E-state index contributed by atoms with van der Waals surface area (Å²) in [5, 5.41) is 3.18. The zero-order valence-electron chi connectivity index (χ0n) is 16.5. The highest BCUT2D eigenvalue weighted by atomic mass is 32.1. The molecule has 1 aliphatic heterocycles. The molecule has 4 rings (SSSR count). The van der Waals surface area contributed by atoms with Crippen LogP contribution in [0.5, 0.6) is 0 Å². The van der Waals surface area contributed by atoms with Crippen LogP contribution in [0.25, 0.3) is 0 Å². The maximum Gasteiger partial charge on any atom is 0.308 e. The van der Waals surface area contributed by atoms with Gasteiger partial charge in [-0.15, -0.1) is 11.3 Å². The van der Waals surface area contributed by atoms with E-state index in [4.69, 9.17) is 4.74 Å². The zero-order chi connectivity index (χ0) is 21.3. The fraction of sp³-hybridized carbons (Fsp3) is 0.429. The lowest BCUT2D eigenvalue weighted by Crippen LogP contribution is -2.42. The maximum atomic E-state index is 13.0. The Hall–Kier alpha value is -2.81. The average Bonchev–Trinajstić information content (AvgIpc) is 3.33. The molecule has 2 amide bonds. The molecule has 0 bridgehead atoms. The molecule has 1 aromatic carbocycles. The van der Waals surface area contributed by atoms with Crippen molar-refractivity contribution < 1.29 is 23.5 Å². The molecule has 2 aromatic rings. The number of piperidine rings is 1. The Morgan fingerprint density at radius 1 is 1.17 bits per heavy atom. The summed E-state index contributed by atoms with van der Waals surface area (Å²) >= 11 is 1.37. The molecule has 2 aliphatic rings. The topological polar surface area (TPSA) is 88.6 Å². The lowest BCUT2D eigenvalue weighted by molar-refractivity contribution is -0.149. The molecule has 7 nitrogen and oxygen atoms in total. The molecule has 9 heteroatoms. The summed E-state index contributed by atoms with van der Waals surface area (Å²) in [7, 11) is 1.38. The van der Waals surface area contributed by atoms with Gasteiger partial charge in [-0.2, -0.15) is 0 Å². The largest absolute Gasteiger partial charge is 0.469 e. The van der Waals surface area contributed by atoms with Crippen molar-refractivity contribution in [2.24, 2.45) is 5.92 Å². The second-order valence-electron chi connectivity index (χ2n) is 7.50. The number of methoxy groups -OCH3 is 1. The Morgan fingerprint density at radius 3 is 2.53 bits per heavy atom. The standard InChI is InChI=1S/C21H22FN3O4S/c1-29-20(28)13-8-10-25(11-9-13)19(27)15-6-7-16-17(15)23-21(30-16)24-18(26)12-2-4-14(22)5-3-12/h2-5,13,15H,6-11H2,1H3,(H,23,24,26). The predicted octanol–water partition coefficient (Wildman–Crippen LogP) is 2.98. The van der Waals surface area contributed by atoms with Crippen LogP contribution in [-0.4, -0.2) is 47.9 Å². The van der Waals surface area contributed by atoms with E-state index in [1.807, 2.05) is 0 Å². The summed E-state index contributed by atoms with van der Waals surface area (Å²) in [5.74, 6) is -1.43. The molecule has 1 fully saturated rings. The van der Waals surface area contributed by atoms with Gasteiger partial charge < -0.3 is 9.64 Å². The lowest BCUT2D eigenvalue weighted by atomic mass is 9.95. The smallest absolute Gasteiger partial charge is 0.308 e. The molecule has 1 N–H and O–H groups in total. The normalized spacial score (nSPS) is 18.7. The van der Waals surface area contributed by atoms with Crippen molar-refractivity contribution in [2.45, 2.75) is 31.6 Å². The van der Waals surface area contributed by atoms with Gasteiger partial charge in [0.25, 0.3) is 5.91 Å². The number of aromatic nitrogens is 1. The summed E-state index contributed by atoms with van der Waals surface area (Å²) in [6.45, 7) is 1.06. The number of hydrogen-bond acceptors (Lipinski definition) is 6. The first-order chi connectivity index (χ1) is 14.5. The van der Waals surface area contributed by atoms with Crippen molar-refractivity contribution >= 4 is 34.3 Å². The zero-order valence-corrected chi connectivity index (χ0v) is 17.3. The number of amides is 2. The van der Waals surface area contributed by atoms with E-state index in [0.29, 0.717) is 43.0 Å². The Bertz CT molecular complexity index is 967. The van der Waals surface area contributed by atoms with E-state index in [2.05, 4.69) is 10.3 Å². The number of hydrogen-bond donors (Lipinski definition) is 1. The summed E-state index contributed by atoms with van der Waals surface area (Å²) in [4.78, 5) is 44.4. The van der Waals surface area contributed by atoms with Crippen LogP contribution in [0.15, 0.2) is 24.3 Å². The van der Waals surface area contributed by atoms with Crippen molar-refractivity contribution in [3.63, 3.8) is 0 Å². The van der Waals surface area contributed by atoms with Crippen LogP contribution in [0.3, 0.4) is 0 Å². The number of likely N-dealkylation sites (tertiary alicyclic amines) is 1. The Kier molecular flexibility index (Phi) is 5.80. The molecular formula is C21H22FN3O4S. The highest BCUT2D eigenvalue weighted by Gasteiger charge is 2.37. The van der Waals surface area contributed by atoms with Crippen molar-refractivity contribution in [2.75, 3.05) is 25.5 Å². The quantitative estimate of drug-likeness (QED) is 0.752. The first-order valence-electron chi connectivity index (χ1n) is 9.89. The second-order valence-corrected chi connectivity index (χ2v) is 8.59. The number of thiazole rings is 1. The summed E-state index contributed by atoms with van der Waals surface area (Å²) in [6, 6.07) is 5.29.